The summed E-state index contributed by atoms with van der Waals surface area (Å²) in [6.07, 6.45) is 9.53. The van der Waals surface area contributed by atoms with E-state index in [2.05, 4.69) is 31.6 Å². The molecule has 1 aromatic rings. The van der Waals surface area contributed by atoms with E-state index in [1.165, 1.54) is 56.3 Å². The van der Waals surface area contributed by atoms with E-state index in [9.17, 15) is 0 Å². The van der Waals surface area contributed by atoms with Crippen LogP contribution >= 0.6 is 0 Å². The molecule has 0 spiro atoms. The molecule has 0 saturated heterocycles. The van der Waals surface area contributed by atoms with Crippen molar-refractivity contribution < 1.29 is 0 Å². The van der Waals surface area contributed by atoms with Gasteiger partial charge in [-0.2, -0.15) is 5.10 Å². The topological polar surface area (TPSA) is 17.8 Å². The minimum absolute atomic E-state index is 0.580. The van der Waals surface area contributed by atoms with Crippen LogP contribution in [-0.4, -0.2) is 9.78 Å². The Labute approximate surface area is 111 Å². The van der Waals surface area contributed by atoms with Gasteiger partial charge in [-0.1, -0.05) is 20.3 Å². The molecule has 0 N–H and O–H groups in total. The monoisotopic (exact) mass is 246 g/mol. The highest BCUT2D eigenvalue weighted by Crippen LogP contribution is 2.49. The van der Waals surface area contributed by atoms with Gasteiger partial charge < -0.3 is 0 Å². The van der Waals surface area contributed by atoms with E-state index >= 15 is 0 Å². The first-order valence-electron chi connectivity index (χ1n) is 7.65. The van der Waals surface area contributed by atoms with Gasteiger partial charge in [-0.05, 0) is 50.0 Å². The first kappa shape index (κ1) is 12.3. The summed E-state index contributed by atoms with van der Waals surface area (Å²) >= 11 is 0. The molecule has 0 aliphatic heterocycles. The van der Waals surface area contributed by atoms with Gasteiger partial charge in [0.05, 0.1) is 5.69 Å². The van der Waals surface area contributed by atoms with E-state index in [1.54, 1.807) is 0 Å². The molecule has 2 heteroatoms. The van der Waals surface area contributed by atoms with E-state index in [0.29, 0.717) is 5.41 Å². The largest absolute Gasteiger partial charge is 0.272 e. The van der Waals surface area contributed by atoms with Crippen molar-refractivity contribution in [2.75, 3.05) is 0 Å². The van der Waals surface area contributed by atoms with Crippen LogP contribution in [0.5, 0.6) is 0 Å². The van der Waals surface area contributed by atoms with Crippen molar-refractivity contribution in [3.63, 3.8) is 0 Å². The van der Waals surface area contributed by atoms with Gasteiger partial charge in [0.2, 0.25) is 0 Å². The molecule has 18 heavy (non-hydrogen) atoms. The average Bonchev–Trinajstić information content (AvgIpc) is 2.98. The quantitative estimate of drug-likeness (QED) is 0.771. The second-order valence-corrected chi connectivity index (χ2v) is 6.89. The lowest BCUT2D eigenvalue weighted by atomic mass is 9.83. The molecule has 1 aromatic heterocycles. The van der Waals surface area contributed by atoms with Crippen LogP contribution in [-0.2, 0) is 7.05 Å². The Bertz CT molecular complexity index is 430. The molecule has 2 aliphatic rings. The van der Waals surface area contributed by atoms with Gasteiger partial charge in [0.25, 0.3) is 0 Å². The van der Waals surface area contributed by atoms with Crippen LogP contribution in [0.15, 0.2) is 6.07 Å². The molecule has 0 aromatic carbocycles. The molecular formula is C16H26N2. The van der Waals surface area contributed by atoms with Crippen LogP contribution in [0, 0.1) is 5.41 Å². The summed E-state index contributed by atoms with van der Waals surface area (Å²) < 4.78 is 2.14. The highest BCUT2D eigenvalue weighted by atomic mass is 15.3. The number of hydrogen-bond acceptors (Lipinski definition) is 1. The predicted octanol–water partition coefficient (Wildman–Crippen LogP) is 4.37. The van der Waals surface area contributed by atoms with Crippen LogP contribution < -0.4 is 0 Å². The minimum atomic E-state index is 0.580. The zero-order valence-electron chi connectivity index (χ0n) is 12.1. The van der Waals surface area contributed by atoms with Gasteiger partial charge in [-0.25, -0.2) is 0 Å². The maximum absolute atomic E-state index is 4.80. The van der Waals surface area contributed by atoms with E-state index in [0.717, 1.165) is 11.8 Å². The summed E-state index contributed by atoms with van der Waals surface area (Å²) in [7, 11) is 2.12. The number of nitrogens with zero attached hydrogens (tertiary/aromatic N) is 2. The molecule has 2 fully saturated rings. The fourth-order valence-corrected chi connectivity index (χ4v) is 3.87. The highest BCUT2D eigenvalue weighted by Gasteiger charge is 2.37. The Morgan fingerprint density at radius 2 is 2.11 bits per heavy atom. The zero-order valence-corrected chi connectivity index (χ0v) is 12.1. The summed E-state index contributed by atoms with van der Waals surface area (Å²) in [4.78, 5) is 0. The summed E-state index contributed by atoms with van der Waals surface area (Å²) in [6, 6.07) is 2.40. The molecule has 2 aliphatic carbocycles. The number of aromatic nitrogens is 2. The molecule has 2 nitrogen and oxygen atoms in total. The standard InChI is InChI=1S/C16H26N2/c1-4-8-16(2)9-7-13(11-16)14-10-15(12-5-6-12)18(3)17-14/h10,12-13H,4-9,11H2,1-3H3. The molecule has 2 unspecified atom stereocenters. The first-order chi connectivity index (χ1) is 8.61. The molecule has 100 valence electrons. The Balaban J connectivity index is 1.74. The molecular weight excluding hydrogens is 220 g/mol. The maximum atomic E-state index is 4.80. The number of hydrogen-bond donors (Lipinski definition) is 0. The van der Waals surface area contributed by atoms with Gasteiger partial charge in [-0.15, -0.1) is 0 Å². The summed E-state index contributed by atoms with van der Waals surface area (Å²) in [5.74, 6) is 1.54. The SMILES string of the molecule is CCCC1(C)CCC(c2cc(C3CC3)n(C)n2)C1. The number of rotatable bonds is 4. The predicted molar refractivity (Wildman–Crippen MR) is 74.8 cm³/mol. The van der Waals surface area contributed by atoms with Gasteiger partial charge in [0.1, 0.15) is 0 Å². The van der Waals surface area contributed by atoms with Crippen LogP contribution in [0.3, 0.4) is 0 Å². The second-order valence-electron chi connectivity index (χ2n) is 6.89. The lowest BCUT2D eigenvalue weighted by molar-refractivity contribution is 0.300. The van der Waals surface area contributed by atoms with Crippen molar-refractivity contribution in [3.8, 4) is 0 Å². The zero-order chi connectivity index (χ0) is 12.8. The fourth-order valence-electron chi connectivity index (χ4n) is 3.87. The fraction of sp³-hybridized carbons (Fsp3) is 0.812. The van der Waals surface area contributed by atoms with Crippen molar-refractivity contribution in [1.82, 2.24) is 9.78 Å². The van der Waals surface area contributed by atoms with Crippen LogP contribution in [0.2, 0.25) is 0 Å². The molecule has 2 atom stereocenters. The Morgan fingerprint density at radius 3 is 2.78 bits per heavy atom. The summed E-state index contributed by atoms with van der Waals surface area (Å²) in [6.45, 7) is 4.78. The van der Waals surface area contributed by atoms with Crippen LogP contribution in [0.4, 0.5) is 0 Å². The van der Waals surface area contributed by atoms with E-state index < -0.39 is 0 Å². The third kappa shape index (κ3) is 2.22. The van der Waals surface area contributed by atoms with Gasteiger partial charge >= 0.3 is 0 Å². The third-order valence-electron chi connectivity index (χ3n) is 5.04. The molecule has 0 radical (unpaired) electrons. The summed E-state index contributed by atoms with van der Waals surface area (Å²) in [5.41, 5.74) is 3.43. The van der Waals surface area contributed by atoms with Gasteiger partial charge in [0.15, 0.2) is 0 Å². The van der Waals surface area contributed by atoms with E-state index in [-0.39, 0.29) is 0 Å². The maximum Gasteiger partial charge on any atom is 0.0658 e. The molecule has 0 amide bonds. The van der Waals surface area contributed by atoms with Crippen molar-refractivity contribution >= 4 is 0 Å². The van der Waals surface area contributed by atoms with Crippen molar-refractivity contribution in [1.29, 1.82) is 0 Å². The van der Waals surface area contributed by atoms with E-state index in [4.69, 9.17) is 5.10 Å². The summed E-state index contributed by atoms with van der Waals surface area (Å²) in [5, 5.41) is 4.80. The Morgan fingerprint density at radius 1 is 1.33 bits per heavy atom. The second kappa shape index (κ2) is 4.40. The first-order valence-corrected chi connectivity index (χ1v) is 7.65. The third-order valence-corrected chi connectivity index (χ3v) is 5.04. The van der Waals surface area contributed by atoms with Crippen LogP contribution in [0.1, 0.15) is 82.0 Å². The van der Waals surface area contributed by atoms with Crippen LogP contribution in [0.25, 0.3) is 0 Å². The average molecular weight is 246 g/mol. The molecule has 3 rings (SSSR count). The molecule has 2 saturated carbocycles. The van der Waals surface area contributed by atoms with Crippen molar-refractivity contribution in [3.05, 3.63) is 17.5 Å². The lowest BCUT2D eigenvalue weighted by Crippen LogP contribution is -2.11. The molecule has 1 heterocycles. The van der Waals surface area contributed by atoms with Crippen molar-refractivity contribution in [2.45, 2.75) is 70.6 Å². The number of aryl methyl sites for hydroxylation is 1. The minimum Gasteiger partial charge on any atom is -0.272 e. The lowest BCUT2D eigenvalue weighted by Gasteiger charge is -2.22. The van der Waals surface area contributed by atoms with E-state index in [1.807, 2.05) is 0 Å². The molecule has 0 bridgehead atoms. The normalized spacial score (nSPS) is 32.1. The highest BCUT2D eigenvalue weighted by molar-refractivity contribution is 5.22. The Hall–Kier alpha value is -0.790. The Kier molecular flexibility index (Phi) is 2.99. The van der Waals surface area contributed by atoms with Crippen molar-refractivity contribution in [2.24, 2.45) is 12.5 Å². The smallest absolute Gasteiger partial charge is 0.0658 e. The van der Waals surface area contributed by atoms with Gasteiger partial charge in [0, 0.05) is 24.6 Å². The van der Waals surface area contributed by atoms with Gasteiger partial charge in [-0.3, -0.25) is 4.68 Å².